The topological polar surface area (TPSA) is 92.4 Å². The molecule has 1 aromatic rings. The molecule has 0 saturated carbocycles. The Morgan fingerprint density at radius 2 is 2.18 bits per heavy atom. The average Bonchev–Trinajstić information content (AvgIpc) is 2.19. The van der Waals surface area contributed by atoms with Gasteiger partial charge in [0.2, 0.25) is 5.91 Å². The third-order valence-electron chi connectivity index (χ3n) is 2.14. The van der Waals surface area contributed by atoms with Crippen LogP contribution >= 0.6 is 11.6 Å². The first kappa shape index (κ1) is 13.3. The molecule has 0 saturated heterocycles. The Balaban J connectivity index is 2.79. The molecule has 0 radical (unpaired) electrons. The van der Waals surface area contributed by atoms with Gasteiger partial charge in [-0.1, -0.05) is 11.6 Å². The molecule has 0 fully saturated rings. The SMILES string of the molecule is CC(CC(=O)O)Nc1ccc(C(N)=O)cc1Cl. The van der Waals surface area contributed by atoms with Crippen LogP contribution in [-0.4, -0.2) is 23.0 Å². The maximum atomic E-state index is 10.9. The van der Waals surface area contributed by atoms with Gasteiger partial charge < -0.3 is 16.2 Å². The summed E-state index contributed by atoms with van der Waals surface area (Å²) < 4.78 is 0. The van der Waals surface area contributed by atoms with Gasteiger partial charge >= 0.3 is 5.97 Å². The fraction of sp³-hybridized carbons (Fsp3) is 0.273. The van der Waals surface area contributed by atoms with Crippen LogP contribution in [0.3, 0.4) is 0 Å². The molecule has 1 aromatic carbocycles. The lowest BCUT2D eigenvalue weighted by molar-refractivity contribution is -0.137. The number of aliphatic carboxylic acids is 1. The molecule has 4 N–H and O–H groups in total. The summed E-state index contributed by atoms with van der Waals surface area (Å²) in [4.78, 5) is 21.4. The number of benzene rings is 1. The summed E-state index contributed by atoms with van der Waals surface area (Å²) in [5.74, 6) is -1.45. The normalized spacial score (nSPS) is 11.9. The third kappa shape index (κ3) is 3.96. The summed E-state index contributed by atoms with van der Waals surface area (Å²) in [5.41, 5.74) is 5.99. The molecule has 1 rings (SSSR count). The molecule has 0 aliphatic carbocycles. The highest BCUT2D eigenvalue weighted by molar-refractivity contribution is 6.33. The van der Waals surface area contributed by atoms with Crippen molar-refractivity contribution in [3.8, 4) is 0 Å². The Bertz CT molecular complexity index is 448. The number of hydrogen-bond acceptors (Lipinski definition) is 3. The summed E-state index contributed by atoms with van der Waals surface area (Å²) in [6.07, 6.45) is -0.0199. The predicted octanol–water partition coefficient (Wildman–Crippen LogP) is 1.71. The van der Waals surface area contributed by atoms with Gasteiger partial charge in [-0.25, -0.2) is 0 Å². The molecule has 0 bridgehead atoms. The number of amides is 1. The van der Waals surface area contributed by atoms with E-state index in [9.17, 15) is 9.59 Å². The highest BCUT2D eigenvalue weighted by atomic mass is 35.5. The molecule has 1 amide bonds. The molecule has 0 heterocycles. The molecule has 6 heteroatoms. The van der Waals surface area contributed by atoms with Crippen molar-refractivity contribution in [3.05, 3.63) is 28.8 Å². The number of carbonyl (C=O) groups is 2. The van der Waals surface area contributed by atoms with Crippen LogP contribution in [0.2, 0.25) is 5.02 Å². The van der Waals surface area contributed by atoms with Crippen molar-refractivity contribution < 1.29 is 14.7 Å². The fourth-order valence-corrected chi connectivity index (χ4v) is 1.60. The van der Waals surface area contributed by atoms with Crippen molar-refractivity contribution in [2.24, 2.45) is 5.73 Å². The molecule has 1 unspecified atom stereocenters. The number of anilines is 1. The Labute approximate surface area is 104 Å². The van der Waals surface area contributed by atoms with Gasteiger partial charge in [-0.3, -0.25) is 9.59 Å². The van der Waals surface area contributed by atoms with E-state index >= 15 is 0 Å². The molecule has 0 aromatic heterocycles. The number of nitrogens with two attached hydrogens (primary N) is 1. The zero-order chi connectivity index (χ0) is 13.0. The standard InChI is InChI=1S/C11H13ClN2O3/c1-6(4-10(15)16)14-9-3-2-7(11(13)17)5-8(9)12/h2-3,5-6,14H,4H2,1H3,(H2,13,17)(H,15,16). The number of carboxylic acids is 1. The molecular formula is C11H13ClN2O3. The minimum Gasteiger partial charge on any atom is -0.481 e. The van der Waals surface area contributed by atoms with Crippen LogP contribution in [0.15, 0.2) is 18.2 Å². The lowest BCUT2D eigenvalue weighted by atomic mass is 10.1. The van der Waals surface area contributed by atoms with Crippen molar-refractivity contribution in [1.29, 1.82) is 0 Å². The van der Waals surface area contributed by atoms with Crippen molar-refractivity contribution in [3.63, 3.8) is 0 Å². The quantitative estimate of drug-likeness (QED) is 0.748. The number of carbonyl (C=O) groups excluding carboxylic acids is 1. The van der Waals surface area contributed by atoms with Gasteiger partial charge in [0, 0.05) is 11.6 Å². The fourth-order valence-electron chi connectivity index (χ4n) is 1.36. The minimum atomic E-state index is -0.894. The summed E-state index contributed by atoms with van der Waals surface area (Å²) in [5, 5.41) is 11.9. The summed E-state index contributed by atoms with van der Waals surface area (Å²) in [6, 6.07) is 4.31. The molecule has 0 spiro atoms. The molecule has 17 heavy (non-hydrogen) atoms. The maximum absolute atomic E-state index is 10.9. The number of carboxylic acid groups (broad SMARTS) is 1. The molecule has 0 aliphatic rings. The highest BCUT2D eigenvalue weighted by Crippen LogP contribution is 2.23. The van der Waals surface area contributed by atoms with E-state index in [0.717, 1.165) is 0 Å². The number of rotatable bonds is 5. The van der Waals surface area contributed by atoms with Crippen LogP contribution in [0, 0.1) is 0 Å². The lowest BCUT2D eigenvalue weighted by Crippen LogP contribution is -2.19. The molecular weight excluding hydrogens is 244 g/mol. The summed E-state index contributed by atoms with van der Waals surface area (Å²) >= 11 is 5.94. The Hall–Kier alpha value is -1.75. The number of primary amides is 1. The Kier molecular flexibility index (Phi) is 4.34. The van der Waals surface area contributed by atoms with Gasteiger partial charge in [0.1, 0.15) is 0 Å². The van der Waals surface area contributed by atoms with Crippen molar-refractivity contribution in [1.82, 2.24) is 0 Å². The number of hydrogen-bond donors (Lipinski definition) is 3. The van der Waals surface area contributed by atoms with Crippen molar-refractivity contribution in [2.45, 2.75) is 19.4 Å². The summed E-state index contributed by atoms with van der Waals surface area (Å²) in [7, 11) is 0. The zero-order valence-electron chi connectivity index (χ0n) is 9.24. The van der Waals surface area contributed by atoms with Crippen molar-refractivity contribution in [2.75, 3.05) is 5.32 Å². The second-order valence-corrected chi connectivity index (χ2v) is 4.11. The van der Waals surface area contributed by atoms with E-state index in [-0.39, 0.29) is 12.5 Å². The first-order valence-electron chi connectivity index (χ1n) is 4.98. The molecule has 5 nitrogen and oxygen atoms in total. The molecule has 0 aliphatic heterocycles. The van der Waals surface area contributed by atoms with Gasteiger partial charge in [0.15, 0.2) is 0 Å². The van der Waals surface area contributed by atoms with E-state index in [0.29, 0.717) is 16.3 Å². The molecule has 92 valence electrons. The largest absolute Gasteiger partial charge is 0.481 e. The van der Waals surface area contributed by atoms with Crippen LogP contribution in [0.5, 0.6) is 0 Å². The number of halogens is 1. The smallest absolute Gasteiger partial charge is 0.305 e. The monoisotopic (exact) mass is 256 g/mol. The average molecular weight is 257 g/mol. The van der Waals surface area contributed by atoms with Gasteiger partial charge in [0.05, 0.1) is 17.1 Å². The van der Waals surface area contributed by atoms with Crippen LogP contribution in [0.25, 0.3) is 0 Å². The zero-order valence-corrected chi connectivity index (χ0v) is 9.99. The second kappa shape index (κ2) is 5.54. The maximum Gasteiger partial charge on any atom is 0.305 e. The van der Waals surface area contributed by atoms with Gasteiger partial charge in [-0.15, -0.1) is 0 Å². The first-order valence-corrected chi connectivity index (χ1v) is 5.35. The van der Waals surface area contributed by atoms with Crippen LogP contribution in [0.4, 0.5) is 5.69 Å². The van der Waals surface area contributed by atoms with E-state index in [2.05, 4.69) is 5.32 Å². The minimum absolute atomic E-state index is 0.0199. The van der Waals surface area contributed by atoms with Gasteiger partial charge in [-0.05, 0) is 25.1 Å². The Morgan fingerprint density at radius 1 is 1.53 bits per heavy atom. The second-order valence-electron chi connectivity index (χ2n) is 3.70. The Morgan fingerprint density at radius 3 is 2.65 bits per heavy atom. The van der Waals surface area contributed by atoms with E-state index in [1.165, 1.54) is 12.1 Å². The van der Waals surface area contributed by atoms with E-state index in [4.69, 9.17) is 22.4 Å². The number of nitrogens with one attached hydrogen (secondary N) is 1. The van der Waals surface area contributed by atoms with E-state index in [1.807, 2.05) is 0 Å². The van der Waals surface area contributed by atoms with Crippen molar-refractivity contribution >= 4 is 29.2 Å². The summed E-state index contributed by atoms with van der Waals surface area (Å²) in [6.45, 7) is 1.73. The van der Waals surface area contributed by atoms with Crippen LogP contribution in [0.1, 0.15) is 23.7 Å². The van der Waals surface area contributed by atoms with E-state index in [1.54, 1.807) is 13.0 Å². The van der Waals surface area contributed by atoms with E-state index < -0.39 is 11.9 Å². The first-order chi connectivity index (χ1) is 7.90. The highest BCUT2D eigenvalue weighted by Gasteiger charge is 2.10. The van der Waals surface area contributed by atoms with Crippen LogP contribution in [-0.2, 0) is 4.79 Å². The lowest BCUT2D eigenvalue weighted by Gasteiger charge is -2.14. The van der Waals surface area contributed by atoms with Gasteiger partial charge in [0.25, 0.3) is 0 Å². The molecule has 1 atom stereocenters. The predicted molar refractivity (Wildman–Crippen MR) is 65.3 cm³/mol. The van der Waals surface area contributed by atoms with Gasteiger partial charge in [-0.2, -0.15) is 0 Å². The third-order valence-corrected chi connectivity index (χ3v) is 2.45. The van der Waals surface area contributed by atoms with Crippen LogP contribution < -0.4 is 11.1 Å².